The summed E-state index contributed by atoms with van der Waals surface area (Å²) in [6.07, 6.45) is 1.40. The van der Waals surface area contributed by atoms with Crippen LogP contribution in [0.3, 0.4) is 0 Å². The van der Waals surface area contributed by atoms with Crippen molar-refractivity contribution in [2.24, 2.45) is 0 Å². The number of hydrogen-bond donors (Lipinski definition) is 2. The summed E-state index contributed by atoms with van der Waals surface area (Å²) < 4.78 is 4.99. The van der Waals surface area contributed by atoms with E-state index in [2.05, 4.69) is 5.32 Å². The van der Waals surface area contributed by atoms with Gasteiger partial charge < -0.3 is 19.7 Å². The molecular weight excluding hydrogens is 260 g/mol. The van der Waals surface area contributed by atoms with Gasteiger partial charge in [0.15, 0.2) is 5.76 Å². The monoisotopic (exact) mass is 282 g/mol. The highest BCUT2D eigenvalue weighted by molar-refractivity contribution is 5.94. The molecule has 0 aliphatic heterocycles. The Kier molecular flexibility index (Phi) is 4.60. The maximum absolute atomic E-state index is 11.9. The van der Waals surface area contributed by atoms with Gasteiger partial charge in [-0.25, -0.2) is 0 Å². The van der Waals surface area contributed by atoms with Gasteiger partial charge in [0.1, 0.15) is 0 Å². The van der Waals surface area contributed by atoms with E-state index in [0.717, 1.165) is 0 Å². The second kappa shape index (κ2) is 5.66. The summed E-state index contributed by atoms with van der Waals surface area (Å²) in [6, 6.07) is 3.15. The van der Waals surface area contributed by atoms with Gasteiger partial charge in [-0.1, -0.05) is 0 Å². The van der Waals surface area contributed by atoms with Gasteiger partial charge in [0.2, 0.25) is 5.91 Å². The van der Waals surface area contributed by atoms with Crippen molar-refractivity contribution in [2.75, 3.05) is 13.6 Å². The Labute approximate surface area is 118 Å². The van der Waals surface area contributed by atoms with Crippen molar-refractivity contribution in [3.63, 3.8) is 0 Å². The quantitative estimate of drug-likeness (QED) is 0.844. The Morgan fingerprint density at radius 2 is 1.95 bits per heavy atom. The molecule has 1 rings (SSSR count). The fourth-order valence-electron chi connectivity index (χ4n) is 1.42. The molecule has 0 atom stereocenters. The average molecular weight is 282 g/mol. The number of likely N-dealkylation sites (N-methyl/N-ethyl adjacent to an activating group) is 1. The molecule has 20 heavy (non-hydrogen) atoms. The molecular formula is C14H22N2O4. The summed E-state index contributed by atoms with van der Waals surface area (Å²) in [5, 5.41) is 12.7. The van der Waals surface area contributed by atoms with Gasteiger partial charge in [-0.15, -0.1) is 0 Å². The first-order chi connectivity index (χ1) is 9.04. The van der Waals surface area contributed by atoms with Crippen LogP contribution in [0.2, 0.25) is 0 Å². The predicted molar refractivity (Wildman–Crippen MR) is 74.2 cm³/mol. The molecule has 0 spiro atoms. The lowest BCUT2D eigenvalue weighted by Gasteiger charge is -2.38. The van der Waals surface area contributed by atoms with E-state index < -0.39 is 11.1 Å². The minimum Gasteiger partial charge on any atom is -0.459 e. The molecule has 0 aliphatic rings. The van der Waals surface area contributed by atoms with E-state index in [1.807, 2.05) is 0 Å². The molecule has 2 N–H and O–H groups in total. The van der Waals surface area contributed by atoms with Crippen LogP contribution in [0.5, 0.6) is 0 Å². The highest BCUT2D eigenvalue weighted by Crippen LogP contribution is 2.20. The molecule has 0 radical (unpaired) electrons. The van der Waals surface area contributed by atoms with Crippen molar-refractivity contribution < 1.29 is 19.1 Å². The number of amides is 2. The zero-order valence-electron chi connectivity index (χ0n) is 12.6. The Bertz CT molecular complexity index is 472. The van der Waals surface area contributed by atoms with Crippen molar-refractivity contribution in [3.8, 4) is 0 Å². The predicted octanol–water partition coefficient (Wildman–Crippen LogP) is 1.02. The number of aliphatic hydroxyl groups is 1. The Hall–Kier alpha value is -1.82. The van der Waals surface area contributed by atoms with Gasteiger partial charge in [-0.2, -0.15) is 0 Å². The molecule has 0 bridgehead atoms. The van der Waals surface area contributed by atoms with Crippen LogP contribution in [-0.4, -0.2) is 46.6 Å². The number of hydrogen-bond acceptors (Lipinski definition) is 4. The molecule has 1 aromatic rings. The van der Waals surface area contributed by atoms with Crippen molar-refractivity contribution in [2.45, 2.75) is 38.8 Å². The topological polar surface area (TPSA) is 82.8 Å². The zero-order valence-corrected chi connectivity index (χ0v) is 12.6. The fraction of sp³-hybridized carbons (Fsp3) is 0.571. The van der Waals surface area contributed by atoms with Gasteiger partial charge in [-0.05, 0) is 39.8 Å². The maximum atomic E-state index is 11.9. The van der Waals surface area contributed by atoms with Crippen LogP contribution in [0.15, 0.2) is 22.8 Å². The SMILES string of the molecule is CN(CC(=O)NC(C)(C)C(C)(C)O)C(=O)c1ccco1. The summed E-state index contributed by atoms with van der Waals surface area (Å²) in [7, 11) is 1.52. The highest BCUT2D eigenvalue weighted by Gasteiger charge is 2.36. The molecule has 1 heterocycles. The number of furan rings is 1. The number of carbonyl (C=O) groups is 2. The Morgan fingerprint density at radius 3 is 2.40 bits per heavy atom. The zero-order chi connectivity index (χ0) is 15.6. The summed E-state index contributed by atoms with van der Waals surface area (Å²) in [5.41, 5.74) is -1.88. The van der Waals surface area contributed by atoms with E-state index >= 15 is 0 Å². The van der Waals surface area contributed by atoms with Crippen LogP contribution in [-0.2, 0) is 4.79 Å². The number of rotatable bonds is 5. The molecule has 112 valence electrons. The Balaban J connectivity index is 2.61. The van der Waals surface area contributed by atoms with Crippen molar-refractivity contribution in [1.82, 2.24) is 10.2 Å². The van der Waals surface area contributed by atoms with Crippen molar-refractivity contribution in [1.29, 1.82) is 0 Å². The smallest absolute Gasteiger partial charge is 0.289 e. The molecule has 2 amide bonds. The molecule has 6 nitrogen and oxygen atoms in total. The first-order valence-electron chi connectivity index (χ1n) is 6.37. The van der Waals surface area contributed by atoms with E-state index in [0.29, 0.717) is 0 Å². The molecule has 0 aliphatic carbocycles. The normalized spacial score (nSPS) is 12.1. The number of nitrogens with zero attached hydrogens (tertiary/aromatic N) is 1. The van der Waals surface area contributed by atoms with E-state index in [9.17, 15) is 14.7 Å². The van der Waals surface area contributed by atoms with Crippen molar-refractivity contribution in [3.05, 3.63) is 24.2 Å². The third-order valence-corrected chi connectivity index (χ3v) is 3.44. The van der Waals surface area contributed by atoms with Crippen LogP contribution < -0.4 is 5.32 Å². The summed E-state index contributed by atoms with van der Waals surface area (Å²) >= 11 is 0. The molecule has 0 saturated carbocycles. The molecule has 6 heteroatoms. The van der Waals surface area contributed by atoms with Gasteiger partial charge >= 0.3 is 0 Å². The third-order valence-electron chi connectivity index (χ3n) is 3.44. The summed E-state index contributed by atoms with van der Waals surface area (Å²) in [4.78, 5) is 25.1. The van der Waals surface area contributed by atoms with E-state index in [-0.39, 0.29) is 24.1 Å². The Morgan fingerprint density at radius 1 is 1.35 bits per heavy atom. The molecule has 0 fully saturated rings. The number of carbonyl (C=O) groups excluding carboxylic acids is 2. The molecule has 1 aromatic heterocycles. The third kappa shape index (κ3) is 3.84. The van der Waals surface area contributed by atoms with Crippen LogP contribution in [0.25, 0.3) is 0 Å². The van der Waals surface area contributed by atoms with Gasteiger partial charge in [-0.3, -0.25) is 9.59 Å². The first-order valence-corrected chi connectivity index (χ1v) is 6.37. The second-order valence-corrected chi connectivity index (χ2v) is 5.87. The largest absolute Gasteiger partial charge is 0.459 e. The first kappa shape index (κ1) is 16.2. The van der Waals surface area contributed by atoms with Gasteiger partial charge in [0.05, 0.1) is 23.9 Å². The van der Waals surface area contributed by atoms with Crippen molar-refractivity contribution >= 4 is 11.8 Å². The molecule has 0 unspecified atom stereocenters. The lowest BCUT2D eigenvalue weighted by molar-refractivity contribution is -0.126. The fourth-order valence-corrected chi connectivity index (χ4v) is 1.42. The summed E-state index contributed by atoms with van der Waals surface area (Å²) in [6.45, 7) is 6.56. The van der Waals surface area contributed by atoms with E-state index in [1.54, 1.807) is 33.8 Å². The average Bonchev–Trinajstić information content (AvgIpc) is 2.78. The van der Waals surface area contributed by atoms with Crippen LogP contribution >= 0.6 is 0 Å². The number of nitrogens with one attached hydrogen (secondary N) is 1. The standard InChI is InChI=1S/C14H22N2O4/c1-13(2,14(3,4)19)15-11(17)9-16(5)12(18)10-7-6-8-20-10/h6-8,19H,9H2,1-5H3,(H,15,17). The second-order valence-electron chi connectivity index (χ2n) is 5.87. The van der Waals surface area contributed by atoms with Crippen LogP contribution in [0, 0.1) is 0 Å². The maximum Gasteiger partial charge on any atom is 0.289 e. The summed E-state index contributed by atoms with van der Waals surface area (Å²) in [5.74, 6) is -0.534. The van der Waals surface area contributed by atoms with Crippen LogP contribution in [0.4, 0.5) is 0 Å². The molecule has 0 saturated heterocycles. The molecule has 0 aromatic carbocycles. The van der Waals surface area contributed by atoms with Gasteiger partial charge in [0.25, 0.3) is 5.91 Å². The minimum atomic E-state index is -1.08. The van der Waals surface area contributed by atoms with Gasteiger partial charge in [0, 0.05) is 7.05 Å². The van der Waals surface area contributed by atoms with E-state index in [1.165, 1.54) is 24.3 Å². The lowest BCUT2D eigenvalue weighted by atomic mass is 9.86. The van der Waals surface area contributed by atoms with E-state index in [4.69, 9.17) is 4.42 Å². The minimum absolute atomic E-state index is 0.112. The lowest BCUT2D eigenvalue weighted by Crippen LogP contribution is -2.59. The highest BCUT2D eigenvalue weighted by atomic mass is 16.3. The van der Waals surface area contributed by atoms with Crippen LogP contribution in [0.1, 0.15) is 38.2 Å².